The largest absolute Gasteiger partial charge is 0.494 e. The van der Waals surface area contributed by atoms with Gasteiger partial charge in [-0.2, -0.15) is 0 Å². The molecule has 1 atom stereocenters. The third-order valence-electron chi connectivity index (χ3n) is 3.89. The maximum absolute atomic E-state index is 12.1. The Bertz CT molecular complexity index is 519. The van der Waals surface area contributed by atoms with Gasteiger partial charge in [-0.25, -0.2) is 0 Å². The van der Waals surface area contributed by atoms with E-state index < -0.39 is 0 Å². The van der Waals surface area contributed by atoms with Gasteiger partial charge >= 0.3 is 0 Å². The number of nitrogens with one attached hydrogen (secondary N) is 1. The molecule has 1 saturated heterocycles. The Morgan fingerprint density at radius 2 is 2.00 bits per heavy atom. The molecule has 1 amide bonds. The standard InChI is InChI=1S/C17H24N2O3.ClH/c1-13-12-18-9-10-19(13)17(21)4-3-11-22-16-7-5-15(6-8-16)14(2)20;/h5-8,13,18H,3-4,9-12H2,1-2H3;1H. The van der Waals surface area contributed by atoms with Gasteiger partial charge in [0.2, 0.25) is 5.91 Å². The summed E-state index contributed by atoms with van der Waals surface area (Å²) in [4.78, 5) is 25.3. The predicted molar refractivity (Wildman–Crippen MR) is 92.5 cm³/mol. The molecule has 0 radical (unpaired) electrons. The van der Waals surface area contributed by atoms with Crippen molar-refractivity contribution in [2.75, 3.05) is 26.2 Å². The first-order chi connectivity index (χ1) is 10.6. The van der Waals surface area contributed by atoms with Crippen LogP contribution >= 0.6 is 12.4 Å². The number of hydrogen-bond donors (Lipinski definition) is 1. The van der Waals surface area contributed by atoms with Crippen LogP contribution in [0.4, 0.5) is 0 Å². The summed E-state index contributed by atoms with van der Waals surface area (Å²) in [6.07, 6.45) is 1.21. The number of carbonyl (C=O) groups excluding carboxylic acids is 2. The number of amides is 1. The van der Waals surface area contributed by atoms with Crippen molar-refractivity contribution in [1.82, 2.24) is 10.2 Å². The van der Waals surface area contributed by atoms with Crippen molar-refractivity contribution in [2.45, 2.75) is 32.7 Å². The molecule has 1 fully saturated rings. The van der Waals surface area contributed by atoms with Gasteiger partial charge in [-0.3, -0.25) is 9.59 Å². The van der Waals surface area contributed by atoms with Crippen LogP contribution in [-0.4, -0.2) is 48.9 Å². The minimum atomic E-state index is 0. The van der Waals surface area contributed by atoms with Gasteiger partial charge in [0.15, 0.2) is 5.78 Å². The maximum Gasteiger partial charge on any atom is 0.223 e. The van der Waals surface area contributed by atoms with Crippen LogP contribution in [0.1, 0.15) is 37.0 Å². The fourth-order valence-electron chi connectivity index (χ4n) is 2.55. The van der Waals surface area contributed by atoms with Crippen molar-refractivity contribution in [2.24, 2.45) is 0 Å². The lowest BCUT2D eigenvalue weighted by Crippen LogP contribution is -2.52. The molecule has 1 aromatic rings. The molecule has 0 aromatic heterocycles. The zero-order chi connectivity index (χ0) is 15.9. The molecule has 0 saturated carbocycles. The zero-order valence-electron chi connectivity index (χ0n) is 13.7. The molecule has 1 aliphatic heterocycles. The Balaban J connectivity index is 0.00000264. The van der Waals surface area contributed by atoms with Crippen LogP contribution in [0.2, 0.25) is 0 Å². The minimum absolute atomic E-state index is 0. The van der Waals surface area contributed by atoms with Gasteiger partial charge in [0.25, 0.3) is 0 Å². The number of piperazine rings is 1. The molecule has 0 bridgehead atoms. The van der Waals surface area contributed by atoms with Crippen LogP contribution in [0.3, 0.4) is 0 Å². The molecule has 23 heavy (non-hydrogen) atoms. The smallest absolute Gasteiger partial charge is 0.223 e. The number of ether oxygens (including phenoxy) is 1. The van der Waals surface area contributed by atoms with Crippen LogP contribution in [0, 0.1) is 0 Å². The number of ketones is 1. The van der Waals surface area contributed by atoms with E-state index in [4.69, 9.17) is 4.74 Å². The normalized spacial score (nSPS) is 17.3. The monoisotopic (exact) mass is 340 g/mol. The van der Waals surface area contributed by atoms with E-state index in [2.05, 4.69) is 12.2 Å². The second-order valence-electron chi connectivity index (χ2n) is 5.67. The van der Waals surface area contributed by atoms with Crippen molar-refractivity contribution < 1.29 is 14.3 Å². The first kappa shape index (κ1) is 19.5. The van der Waals surface area contributed by atoms with E-state index in [0.29, 0.717) is 25.0 Å². The number of carbonyl (C=O) groups is 2. The minimum Gasteiger partial charge on any atom is -0.494 e. The summed E-state index contributed by atoms with van der Waals surface area (Å²) in [6, 6.07) is 7.35. The van der Waals surface area contributed by atoms with Gasteiger partial charge in [-0.1, -0.05) is 0 Å². The van der Waals surface area contributed by atoms with Crippen LogP contribution in [0.25, 0.3) is 0 Å². The second kappa shape index (κ2) is 9.53. The van der Waals surface area contributed by atoms with Crippen LogP contribution in [0.15, 0.2) is 24.3 Å². The Morgan fingerprint density at radius 3 is 2.61 bits per heavy atom. The van der Waals surface area contributed by atoms with Gasteiger partial charge in [0, 0.05) is 37.7 Å². The molecule has 5 nitrogen and oxygen atoms in total. The number of benzene rings is 1. The van der Waals surface area contributed by atoms with E-state index in [1.54, 1.807) is 31.2 Å². The van der Waals surface area contributed by atoms with Gasteiger partial charge in [0.1, 0.15) is 5.75 Å². The molecule has 1 heterocycles. The second-order valence-corrected chi connectivity index (χ2v) is 5.67. The fraction of sp³-hybridized carbons (Fsp3) is 0.529. The Kier molecular flexibility index (Phi) is 8.06. The molecule has 0 aliphatic carbocycles. The number of hydrogen-bond acceptors (Lipinski definition) is 4. The highest BCUT2D eigenvalue weighted by Gasteiger charge is 2.22. The Labute approximate surface area is 143 Å². The lowest BCUT2D eigenvalue weighted by molar-refractivity contribution is -0.134. The third kappa shape index (κ3) is 5.84. The zero-order valence-corrected chi connectivity index (χ0v) is 14.5. The van der Waals surface area contributed by atoms with Crippen molar-refractivity contribution in [1.29, 1.82) is 0 Å². The van der Waals surface area contributed by atoms with Crippen LogP contribution < -0.4 is 10.1 Å². The van der Waals surface area contributed by atoms with E-state index in [-0.39, 0.29) is 30.1 Å². The number of nitrogens with zero attached hydrogens (tertiary/aromatic N) is 1. The summed E-state index contributed by atoms with van der Waals surface area (Å²) in [5.41, 5.74) is 0.676. The van der Waals surface area contributed by atoms with Crippen molar-refractivity contribution in [3.63, 3.8) is 0 Å². The maximum atomic E-state index is 12.1. The highest BCUT2D eigenvalue weighted by atomic mass is 35.5. The summed E-state index contributed by atoms with van der Waals surface area (Å²) in [6.45, 7) is 6.63. The first-order valence-corrected chi connectivity index (χ1v) is 7.82. The highest BCUT2D eigenvalue weighted by molar-refractivity contribution is 5.94. The fourth-order valence-corrected chi connectivity index (χ4v) is 2.55. The van der Waals surface area contributed by atoms with E-state index in [1.807, 2.05) is 4.90 Å². The lowest BCUT2D eigenvalue weighted by atomic mass is 10.1. The predicted octanol–water partition coefficient (Wildman–Crippen LogP) is 2.29. The molecule has 1 aliphatic rings. The molecule has 1 aromatic carbocycles. The lowest BCUT2D eigenvalue weighted by Gasteiger charge is -2.34. The summed E-state index contributed by atoms with van der Waals surface area (Å²) in [7, 11) is 0. The summed E-state index contributed by atoms with van der Waals surface area (Å²) < 4.78 is 5.61. The average molecular weight is 341 g/mol. The SMILES string of the molecule is CC(=O)c1ccc(OCCCC(=O)N2CCNCC2C)cc1.Cl. The first-order valence-electron chi connectivity index (χ1n) is 7.82. The summed E-state index contributed by atoms with van der Waals surface area (Å²) in [5, 5.41) is 3.28. The quantitative estimate of drug-likeness (QED) is 0.637. The third-order valence-corrected chi connectivity index (χ3v) is 3.89. The van der Waals surface area contributed by atoms with Gasteiger partial charge in [0.05, 0.1) is 6.61 Å². The van der Waals surface area contributed by atoms with Crippen molar-refractivity contribution >= 4 is 24.1 Å². The number of rotatable bonds is 6. The highest BCUT2D eigenvalue weighted by Crippen LogP contribution is 2.13. The Morgan fingerprint density at radius 1 is 1.30 bits per heavy atom. The van der Waals surface area contributed by atoms with Crippen molar-refractivity contribution in [3.8, 4) is 5.75 Å². The van der Waals surface area contributed by atoms with Gasteiger partial charge in [-0.15, -0.1) is 12.4 Å². The molecular weight excluding hydrogens is 316 g/mol. The van der Waals surface area contributed by atoms with Gasteiger partial charge < -0.3 is 15.0 Å². The van der Waals surface area contributed by atoms with E-state index >= 15 is 0 Å². The summed E-state index contributed by atoms with van der Waals surface area (Å²) >= 11 is 0. The van der Waals surface area contributed by atoms with E-state index in [0.717, 1.165) is 25.4 Å². The Hall–Kier alpha value is -1.59. The van der Waals surface area contributed by atoms with Gasteiger partial charge in [-0.05, 0) is 44.5 Å². The van der Waals surface area contributed by atoms with Crippen LogP contribution in [-0.2, 0) is 4.79 Å². The van der Waals surface area contributed by atoms with Crippen LogP contribution in [0.5, 0.6) is 5.75 Å². The molecule has 1 N–H and O–H groups in total. The number of halogens is 1. The molecule has 128 valence electrons. The van der Waals surface area contributed by atoms with E-state index in [1.165, 1.54) is 0 Å². The number of Topliss-reactive ketones (excluding diaryl/α,β-unsaturated/α-hetero) is 1. The average Bonchev–Trinajstić information content (AvgIpc) is 2.52. The van der Waals surface area contributed by atoms with E-state index in [9.17, 15) is 9.59 Å². The molecule has 2 rings (SSSR count). The topological polar surface area (TPSA) is 58.6 Å². The van der Waals surface area contributed by atoms with Crippen molar-refractivity contribution in [3.05, 3.63) is 29.8 Å². The molecule has 0 spiro atoms. The molecular formula is C17H25ClN2O3. The molecule has 6 heteroatoms. The molecule has 1 unspecified atom stereocenters. The summed E-state index contributed by atoms with van der Waals surface area (Å²) in [5.74, 6) is 0.972.